The van der Waals surface area contributed by atoms with Gasteiger partial charge >= 0.3 is 0 Å². The highest BCUT2D eigenvalue weighted by molar-refractivity contribution is 7.15. The highest BCUT2D eigenvalue weighted by Gasteiger charge is 2.29. The number of amides is 3. The third kappa shape index (κ3) is 6.09. The highest BCUT2D eigenvalue weighted by atomic mass is 35.5. The molecule has 1 aromatic heterocycles. The van der Waals surface area contributed by atoms with E-state index < -0.39 is 5.91 Å². The van der Waals surface area contributed by atoms with Gasteiger partial charge in [-0.15, -0.1) is 10.2 Å². The van der Waals surface area contributed by atoms with Crippen LogP contribution in [0.1, 0.15) is 58.6 Å². The van der Waals surface area contributed by atoms with Crippen LogP contribution >= 0.6 is 22.9 Å². The van der Waals surface area contributed by atoms with Crippen molar-refractivity contribution in [1.29, 1.82) is 0 Å². The van der Waals surface area contributed by atoms with Crippen molar-refractivity contribution >= 4 is 46.3 Å². The Balaban J connectivity index is 1.26. The maximum absolute atomic E-state index is 12.9. The second-order valence-electron chi connectivity index (χ2n) is 8.88. The van der Waals surface area contributed by atoms with Gasteiger partial charge in [-0.2, -0.15) is 0 Å². The smallest absolute Gasteiger partial charge is 0.286 e. The number of benzene rings is 1. The Morgan fingerprint density at radius 3 is 2.39 bits per heavy atom. The zero-order valence-electron chi connectivity index (χ0n) is 18.6. The molecule has 2 fully saturated rings. The molecule has 1 N–H and O–H groups in total. The number of piperidine rings is 2. The van der Waals surface area contributed by atoms with Gasteiger partial charge in [-0.05, 0) is 55.7 Å². The first-order valence-electron chi connectivity index (χ1n) is 11.4. The fourth-order valence-corrected chi connectivity index (χ4v) is 5.16. The molecule has 2 aliphatic rings. The van der Waals surface area contributed by atoms with Crippen LogP contribution in [-0.4, -0.2) is 63.9 Å². The van der Waals surface area contributed by atoms with Crippen LogP contribution in [0.25, 0.3) is 0 Å². The number of hydrogen-bond acceptors (Lipinski definition) is 6. The molecule has 0 atom stereocenters. The first kappa shape index (κ1) is 23.6. The van der Waals surface area contributed by atoms with E-state index in [-0.39, 0.29) is 21.8 Å². The number of anilines is 1. The number of carbonyl (C=O) groups is 3. The Kier molecular flexibility index (Phi) is 7.60. The van der Waals surface area contributed by atoms with Crippen molar-refractivity contribution in [2.45, 2.75) is 39.0 Å². The Labute approximate surface area is 202 Å². The lowest BCUT2D eigenvalue weighted by atomic mass is 9.92. The van der Waals surface area contributed by atoms with Crippen LogP contribution in [0, 0.1) is 11.8 Å². The van der Waals surface area contributed by atoms with E-state index in [0.717, 1.165) is 50.1 Å². The molecule has 1 aromatic carbocycles. The summed E-state index contributed by atoms with van der Waals surface area (Å²) in [5, 5.41) is 11.4. The largest absolute Gasteiger partial charge is 0.343 e. The lowest BCUT2D eigenvalue weighted by Crippen LogP contribution is -2.42. The van der Waals surface area contributed by atoms with Gasteiger partial charge < -0.3 is 15.1 Å². The Morgan fingerprint density at radius 1 is 1.03 bits per heavy atom. The standard InChI is InChI=1S/C23H28ClN5O3S/c1-15-5-9-28(10-6-15)19(30)13-16-7-11-29(12-8-16)23(32)22-27-26-21(33-22)20(31)25-18-4-2-3-17(24)14-18/h2-4,14-16H,5-13H2,1H3,(H,25,31). The summed E-state index contributed by atoms with van der Waals surface area (Å²) in [6.45, 7) is 5.12. The molecule has 4 rings (SSSR count). The number of nitrogens with zero attached hydrogens (tertiary/aromatic N) is 4. The molecule has 176 valence electrons. The predicted molar refractivity (Wildman–Crippen MR) is 128 cm³/mol. The molecule has 33 heavy (non-hydrogen) atoms. The van der Waals surface area contributed by atoms with E-state index in [1.165, 1.54) is 0 Å². The molecule has 0 saturated carbocycles. The van der Waals surface area contributed by atoms with Crippen molar-refractivity contribution < 1.29 is 14.4 Å². The topological polar surface area (TPSA) is 95.5 Å². The molecule has 2 saturated heterocycles. The normalized spacial score (nSPS) is 17.8. The third-order valence-corrected chi connectivity index (χ3v) is 7.53. The Bertz CT molecular complexity index is 1010. The minimum absolute atomic E-state index is 0.120. The van der Waals surface area contributed by atoms with Crippen molar-refractivity contribution in [3.05, 3.63) is 39.3 Å². The average Bonchev–Trinajstić information content (AvgIpc) is 3.30. The molecular weight excluding hydrogens is 462 g/mol. The summed E-state index contributed by atoms with van der Waals surface area (Å²) in [7, 11) is 0. The van der Waals surface area contributed by atoms with Crippen LogP contribution in [0.4, 0.5) is 5.69 Å². The first-order valence-corrected chi connectivity index (χ1v) is 12.6. The molecule has 0 radical (unpaired) electrons. The molecule has 0 unspecified atom stereocenters. The number of hydrogen-bond donors (Lipinski definition) is 1. The summed E-state index contributed by atoms with van der Waals surface area (Å²) in [5.41, 5.74) is 0.547. The molecule has 3 heterocycles. The van der Waals surface area contributed by atoms with Gasteiger partial charge in [-0.3, -0.25) is 14.4 Å². The fraction of sp³-hybridized carbons (Fsp3) is 0.522. The van der Waals surface area contributed by atoms with E-state index >= 15 is 0 Å². The number of halogens is 1. The summed E-state index contributed by atoms with van der Waals surface area (Å²) >= 11 is 6.92. The minimum Gasteiger partial charge on any atom is -0.343 e. The molecule has 0 spiro atoms. The SMILES string of the molecule is CC1CCN(C(=O)CC2CCN(C(=O)c3nnc(C(=O)Nc4cccc(Cl)c4)s3)CC2)CC1. The van der Waals surface area contributed by atoms with E-state index in [1.54, 1.807) is 29.2 Å². The van der Waals surface area contributed by atoms with Gasteiger partial charge in [0.2, 0.25) is 15.9 Å². The van der Waals surface area contributed by atoms with Crippen molar-refractivity contribution in [1.82, 2.24) is 20.0 Å². The average molecular weight is 490 g/mol. The van der Waals surface area contributed by atoms with E-state index in [9.17, 15) is 14.4 Å². The first-order chi connectivity index (χ1) is 15.9. The maximum atomic E-state index is 12.9. The number of likely N-dealkylation sites (tertiary alicyclic amines) is 2. The van der Waals surface area contributed by atoms with Gasteiger partial charge in [-0.1, -0.05) is 35.9 Å². The van der Waals surface area contributed by atoms with Crippen LogP contribution in [-0.2, 0) is 4.79 Å². The van der Waals surface area contributed by atoms with Gasteiger partial charge in [0.15, 0.2) is 0 Å². The van der Waals surface area contributed by atoms with Gasteiger partial charge in [0, 0.05) is 43.3 Å². The molecule has 2 aliphatic heterocycles. The summed E-state index contributed by atoms with van der Waals surface area (Å²) in [5.74, 6) is 0.592. The molecule has 0 aliphatic carbocycles. The summed E-state index contributed by atoms with van der Waals surface area (Å²) < 4.78 is 0. The van der Waals surface area contributed by atoms with Crippen LogP contribution < -0.4 is 5.32 Å². The van der Waals surface area contributed by atoms with Crippen molar-refractivity contribution in [3.63, 3.8) is 0 Å². The van der Waals surface area contributed by atoms with Gasteiger partial charge in [0.25, 0.3) is 11.8 Å². The molecule has 8 nitrogen and oxygen atoms in total. The highest BCUT2D eigenvalue weighted by Crippen LogP contribution is 2.25. The lowest BCUT2D eigenvalue weighted by molar-refractivity contribution is -0.133. The van der Waals surface area contributed by atoms with E-state index in [1.807, 2.05) is 4.90 Å². The van der Waals surface area contributed by atoms with Crippen LogP contribution in [0.15, 0.2) is 24.3 Å². The number of nitrogens with one attached hydrogen (secondary N) is 1. The second kappa shape index (κ2) is 10.6. The maximum Gasteiger partial charge on any atom is 0.286 e. The molecule has 0 bridgehead atoms. The van der Waals surface area contributed by atoms with Gasteiger partial charge in [0.1, 0.15) is 0 Å². The monoisotopic (exact) mass is 489 g/mol. The summed E-state index contributed by atoms with van der Waals surface area (Å²) in [6.07, 6.45) is 4.31. The van der Waals surface area contributed by atoms with Crippen LogP contribution in [0.2, 0.25) is 5.02 Å². The van der Waals surface area contributed by atoms with Crippen molar-refractivity contribution in [3.8, 4) is 0 Å². The van der Waals surface area contributed by atoms with Crippen molar-refractivity contribution in [2.24, 2.45) is 11.8 Å². The minimum atomic E-state index is -0.432. The zero-order chi connectivity index (χ0) is 23.4. The number of carbonyl (C=O) groups excluding carboxylic acids is 3. The summed E-state index contributed by atoms with van der Waals surface area (Å²) in [6, 6.07) is 6.80. The Hall–Kier alpha value is -2.52. The molecular formula is C23H28ClN5O3S. The quantitative estimate of drug-likeness (QED) is 0.686. The third-order valence-electron chi connectivity index (χ3n) is 6.39. The van der Waals surface area contributed by atoms with Crippen LogP contribution in [0.3, 0.4) is 0 Å². The number of rotatable bonds is 5. The van der Waals surface area contributed by atoms with E-state index in [0.29, 0.717) is 42.1 Å². The summed E-state index contributed by atoms with van der Waals surface area (Å²) in [4.78, 5) is 41.6. The second-order valence-corrected chi connectivity index (χ2v) is 10.3. The van der Waals surface area contributed by atoms with Gasteiger partial charge in [-0.25, -0.2) is 0 Å². The van der Waals surface area contributed by atoms with E-state index in [4.69, 9.17) is 11.6 Å². The lowest BCUT2D eigenvalue weighted by Gasteiger charge is -2.34. The molecule has 10 heteroatoms. The molecule has 3 amide bonds. The molecule has 2 aromatic rings. The van der Waals surface area contributed by atoms with E-state index in [2.05, 4.69) is 22.4 Å². The van der Waals surface area contributed by atoms with Gasteiger partial charge in [0.05, 0.1) is 0 Å². The zero-order valence-corrected chi connectivity index (χ0v) is 20.2. The predicted octanol–water partition coefficient (Wildman–Crippen LogP) is 3.94. The number of aromatic nitrogens is 2. The fourth-order valence-electron chi connectivity index (χ4n) is 4.26. The Morgan fingerprint density at radius 2 is 1.70 bits per heavy atom. The van der Waals surface area contributed by atoms with Crippen LogP contribution in [0.5, 0.6) is 0 Å². The van der Waals surface area contributed by atoms with Crippen molar-refractivity contribution in [2.75, 3.05) is 31.5 Å².